The standard InChI is InChI=1S/C18H21ClN6OS.HI/c1-20-18(22-10-12-27-14-6-4-13(19)5-7-14)21-9-8-16-23-17(25-24-16)15-3-2-11-26-15;/h2-7,11H,8-10,12H2,1H3,(H2,20,21,22)(H,23,24,25);1H. The summed E-state index contributed by atoms with van der Waals surface area (Å²) in [6.45, 7) is 1.49. The van der Waals surface area contributed by atoms with Crippen molar-refractivity contribution in [3.05, 3.63) is 53.5 Å². The number of halogens is 2. The molecule has 1 aromatic carbocycles. The van der Waals surface area contributed by atoms with Crippen molar-refractivity contribution in [3.8, 4) is 11.6 Å². The Kier molecular flexibility index (Phi) is 9.65. The van der Waals surface area contributed by atoms with E-state index < -0.39 is 0 Å². The van der Waals surface area contributed by atoms with E-state index in [4.69, 9.17) is 16.0 Å². The van der Waals surface area contributed by atoms with Gasteiger partial charge in [-0.05, 0) is 36.4 Å². The smallest absolute Gasteiger partial charge is 0.216 e. The summed E-state index contributed by atoms with van der Waals surface area (Å²) in [7, 11) is 1.76. The SMILES string of the molecule is CN=C(NCCSc1ccc(Cl)cc1)NCCc1nc(-c2ccco2)n[nH]1.I. The normalized spacial score (nSPS) is 11.1. The van der Waals surface area contributed by atoms with E-state index in [0.29, 0.717) is 24.6 Å². The van der Waals surface area contributed by atoms with Crippen LogP contribution < -0.4 is 10.6 Å². The fourth-order valence-electron chi connectivity index (χ4n) is 2.31. The minimum Gasteiger partial charge on any atom is -0.461 e. The molecule has 0 fully saturated rings. The molecule has 0 bridgehead atoms. The number of aromatic amines is 1. The van der Waals surface area contributed by atoms with E-state index in [2.05, 4.69) is 30.8 Å². The molecule has 150 valence electrons. The molecule has 0 aliphatic carbocycles. The van der Waals surface area contributed by atoms with E-state index >= 15 is 0 Å². The third kappa shape index (κ3) is 7.02. The van der Waals surface area contributed by atoms with Crippen molar-refractivity contribution >= 4 is 53.3 Å². The van der Waals surface area contributed by atoms with E-state index in [1.54, 1.807) is 25.1 Å². The Labute approximate surface area is 190 Å². The van der Waals surface area contributed by atoms with Gasteiger partial charge in [0.15, 0.2) is 11.7 Å². The fourth-order valence-corrected chi connectivity index (χ4v) is 3.21. The summed E-state index contributed by atoms with van der Waals surface area (Å²) in [5, 5.41) is 14.4. The summed E-state index contributed by atoms with van der Waals surface area (Å²) in [6.07, 6.45) is 2.31. The van der Waals surface area contributed by atoms with Gasteiger partial charge in [0.25, 0.3) is 0 Å². The summed E-state index contributed by atoms with van der Waals surface area (Å²) in [5.41, 5.74) is 0. The Hall–Kier alpha value is -1.72. The molecule has 0 saturated carbocycles. The maximum Gasteiger partial charge on any atom is 0.216 e. The van der Waals surface area contributed by atoms with Crippen molar-refractivity contribution in [3.63, 3.8) is 0 Å². The van der Waals surface area contributed by atoms with Crippen molar-refractivity contribution < 1.29 is 4.42 Å². The molecule has 7 nitrogen and oxygen atoms in total. The van der Waals surface area contributed by atoms with Crippen LogP contribution in [-0.4, -0.2) is 47.0 Å². The average molecular weight is 533 g/mol. The highest BCUT2D eigenvalue weighted by Gasteiger charge is 2.08. The third-order valence-corrected chi connectivity index (χ3v) is 4.89. The lowest BCUT2D eigenvalue weighted by molar-refractivity contribution is 0.577. The molecular formula is C18H22ClIN6OS. The quantitative estimate of drug-likeness (QED) is 0.134. The molecule has 0 atom stereocenters. The largest absolute Gasteiger partial charge is 0.461 e. The highest BCUT2D eigenvalue weighted by molar-refractivity contribution is 14.0. The molecule has 3 aromatic rings. The molecule has 0 aliphatic rings. The first kappa shape index (κ1) is 22.6. The van der Waals surface area contributed by atoms with E-state index in [1.165, 1.54) is 4.90 Å². The molecule has 0 spiro atoms. The Morgan fingerprint density at radius 2 is 2.00 bits per heavy atom. The van der Waals surface area contributed by atoms with Gasteiger partial charge in [-0.2, -0.15) is 5.10 Å². The number of benzene rings is 1. The van der Waals surface area contributed by atoms with Crippen molar-refractivity contribution in [1.29, 1.82) is 0 Å². The van der Waals surface area contributed by atoms with Crippen LogP contribution in [0.4, 0.5) is 0 Å². The molecule has 0 aliphatic heterocycles. The van der Waals surface area contributed by atoms with E-state index in [-0.39, 0.29) is 24.0 Å². The number of guanidine groups is 1. The maximum atomic E-state index is 5.89. The zero-order valence-electron chi connectivity index (χ0n) is 15.3. The van der Waals surface area contributed by atoms with Gasteiger partial charge in [-0.1, -0.05) is 11.6 Å². The van der Waals surface area contributed by atoms with Crippen LogP contribution in [-0.2, 0) is 6.42 Å². The number of H-pyrrole nitrogens is 1. The number of thioether (sulfide) groups is 1. The topological polar surface area (TPSA) is 91.1 Å². The number of furan rings is 1. The van der Waals surface area contributed by atoms with Crippen LogP contribution in [0.3, 0.4) is 0 Å². The molecule has 3 rings (SSSR count). The summed E-state index contributed by atoms with van der Waals surface area (Å²) in [4.78, 5) is 9.84. The second-order valence-electron chi connectivity index (χ2n) is 5.56. The second-order valence-corrected chi connectivity index (χ2v) is 7.17. The van der Waals surface area contributed by atoms with Gasteiger partial charge in [0.05, 0.1) is 6.26 Å². The lowest BCUT2D eigenvalue weighted by Gasteiger charge is -2.11. The Morgan fingerprint density at radius 1 is 1.21 bits per heavy atom. The van der Waals surface area contributed by atoms with Crippen LogP contribution >= 0.6 is 47.3 Å². The zero-order valence-corrected chi connectivity index (χ0v) is 19.2. The van der Waals surface area contributed by atoms with Crippen LogP contribution in [0.5, 0.6) is 0 Å². The molecule has 2 aromatic heterocycles. The van der Waals surface area contributed by atoms with E-state index in [0.717, 1.165) is 29.1 Å². The van der Waals surface area contributed by atoms with Gasteiger partial charge in [0.1, 0.15) is 5.82 Å². The number of nitrogens with one attached hydrogen (secondary N) is 3. The second kappa shape index (κ2) is 12.0. The fraction of sp³-hybridized carbons (Fsp3) is 0.278. The first-order valence-electron chi connectivity index (χ1n) is 8.52. The maximum absolute atomic E-state index is 5.89. The summed E-state index contributed by atoms with van der Waals surface area (Å²) in [6, 6.07) is 11.5. The summed E-state index contributed by atoms with van der Waals surface area (Å²) in [5.74, 6) is 3.70. The number of hydrogen-bond acceptors (Lipinski definition) is 5. The minimum absolute atomic E-state index is 0. The average Bonchev–Trinajstić information content (AvgIpc) is 3.36. The monoisotopic (exact) mass is 532 g/mol. The van der Waals surface area contributed by atoms with Crippen LogP contribution in [0.2, 0.25) is 5.02 Å². The number of aromatic nitrogens is 3. The van der Waals surface area contributed by atoms with Gasteiger partial charge in [-0.3, -0.25) is 10.1 Å². The van der Waals surface area contributed by atoms with Crippen molar-refractivity contribution in [2.75, 3.05) is 25.9 Å². The van der Waals surface area contributed by atoms with Gasteiger partial charge in [0.2, 0.25) is 5.82 Å². The summed E-state index contributed by atoms with van der Waals surface area (Å²) >= 11 is 7.66. The molecule has 10 heteroatoms. The van der Waals surface area contributed by atoms with Crippen LogP contribution in [0, 0.1) is 0 Å². The predicted molar refractivity (Wildman–Crippen MR) is 125 cm³/mol. The molecular weight excluding hydrogens is 511 g/mol. The first-order chi connectivity index (χ1) is 13.2. The Bertz CT molecular complexity index is 853. The van der Waals surface area contributed by atoms with Crippen molar-refractivity contribution in [2.24, 2.45) is 4.99 Å². The van der Waals surface area contributed by atoms with Crippen LogP contribution in [0.25, 0.3) is 11.6 Å². The lowest BCUT2D eigenvalue weighted by Crippen LogP contribution is -2.39. The zero-order chi connectivity index (χ0) is 18.9. The molecule has 0 amide bonds. The van der Waals surface area contributed by atoms with Crippen molar-refractivity contribution in [2.45, 2.75) is 11.3 Å². The minimum atomic E-state index is 0. The molecule has 3 N–H and O–H groups in total. The molecule has 0 unspecified atom stereocenters. The summed E-state index contributed by atoms with van der Waals surface area (Å²) < 4.78 is 5.29. The third-order valence-electron chi connectivity index (χ3n) is 3.63. The van der Waals surface area contributed by atoms with Gasteiger partial charge in [-0.25, -0.2) is 4.98 Å². The lowest BCUT2D eigenvalue weighted by atomic mass is 10.4. The molecule has 0 saturated heterocycles. The predicted octanol–water partition coefficient (Wildman–Crippen LogP) is 3.84. The van der Waals surface area contributed by atoms with E-state index in [1.807, 2.05) is 36.4 Å². The van der Waals surface area contributed by atoms with Gasteiger partial charge < -0.3 is 15.1 Å². The Morgan fingerprint density at radius 3 is 2.71 bits per heavy atom. The molecule has 28 heavy (non-hydrogen) atoms. The Balaban J connectivity index is 0.00000280. The van der Waals surface area contributed by atoms with Crippen molar-refractivity contribution in [1.82, 2.24) is 25.8 Å². The van der Waals surface area contributed by atoms with Gasteiger partial charge >= 0.3 is 0 Å². The van der Waals surface area contributed by atoms with Gasteiger partial charge in [-0.15, -0.1) is 35.7 Å². The molecule has 2 heterocycles. The van der Waals surface area contributed by atoms with E-state index in [9.17, 15) is 0 Å². The van der Waals surface area contributed by atoms with Crippen LogP contribution in [0.1, 0.15) is 5.82 Å². The highest BCUT2D eigenvalue weighted by atomic mass is 127. The number of hydrogen-bond donors (Lipinski definition) is 3. The molecule has 0 radical (unpaired) electrons. The van der Waals surface area contributed by atoms with Crippen LogP contribution in [0.15, 0.2) is 57.0 Å². The first-order valence-corrected chi connectivity index (χ1v) is 9.89. The van der Waals surface area contributed by atoms with Gasteiger partial charge in [0, 0.05) is 42.2 Å². The number of aliphatic imine (C=N–C) groups is 1. The number of rotatable bonds is 8. The highest BCUT2D eigenvalue weighted by Crippen LogP contribution is 2.19. The number of nitrogens with zero attached hydrogens (tertiary/aromatic N) is 3.